The second-order valence-electron chi connectivity index (χ2n) is 4.82. The Balaban J connectivity index is 2.90. The summed E-state index contributed by atoms with van der Waals surface area (Å²) in [6.45, 7) is 5.82. The predicted molar refractivity (Wildman–Crippen MR) is 81.6 cm³/mol. The summed E-state index contributed by atoms with van der Waals surface area (Å²) in [5, 5.41) is 2.75. The van der Waals surface area contributed by atoms with Crippen LogP contribution in [0, 0.1) is 12.8 Å². The van der Waals surface area contributed by atoms with E-state index in [4.69, 9.17) is 4.74 Å². The van der Waals surface area contributed by atoms with Crippen LogP contribution in [0.1, 0.15) is 36.2 Å². The Morgan fingerprint density at radius 2 is 2.05 bits per heavy atom. The van der Waals surface area contributed by atoms with Gasteiger partial charge >= 0.3 is 5.97 Å². The highest BCUT2D eigenvalue weighted by atomic mass is 79.9. The van der Waals surface area contributed by atoms with Crippen molar-refractivity contribution in [1.82, 2.24) is 5.32 Å². The molecule has 110 valence electrons. The zero-order valence-corrected chi connectivity index (χ0v) is 13.8. The quantitative estimate of drug-likeness (QED) is 0.837. The first-order chi connectivity index (χ1) is 9.40. The van der Waals surface area contributed by atoms with Crippen molar-refractivity contribution in [3.05, 3.63) is 33.8 Å². The molecule has 4 nitrogen and oxygen atoms in total. The molecule has 0 bridgehead atoms. The first kappa shape index (κ1) is 16.7. The minimum Gasteiger partial charge on any atom is -0.467 e. The van der Waals surface area contributed by atoms with Crippen molar-refractivity contribution in [3.63, 3.8) is 0 Å². The second kappa shape index (κ2) is 7.43. The predicted octanol–water partition coefficient (Wildman–Crippen LogP) is 3.08. The Morgan fingerprint density at radius 3 is 2.55 bits per heavy atom. The minimum atomic E-state index is -0.627. The SMILES string of the molecule is CCC(C)C(NC(=O)c1ccc(C)c(Br)c1)C(=O)OC. The number of amides is 1. The number of benzene rings is 1. The molecule has 0 aliphatic heterocycles. The average molecular weight is 342 g/mol. The van der Waals surface area contributed by atoms with Crippen LogP contribution in [0.5, 0.6) is 0 Å². The maximum Gasteiger partial charge on any atom is 0.328 e. The van der Waals surface area contributed by atoms with E-state index in [0.29, 0.717) is 5.56 Å². The van der Waals surface area contributed by atoms with E-state index < -0.39 is 12.0 Å². The Kier molecular flexibility index (Phi) is 6.20. The summed E-state index contributed by atoms with van der Waals surface area (Å²) in [5.74, 6) is -0.680. The molecule has 0 aromatic heterocycles. The number of hydrogen-bond acceptors (Lipinski definition) is 3. The highest BCUT2D eigenvalue weighted by Crippen LogP contribution is 2.18. The summed E-state index contributed by atoms with van der Waals surface area (Å²) in [4.78, 5) is 24.0. The van der Waals surface area contributed by atoms with Crippen molar-refractivity contribution in [3.8, 4) is 0 Å². The van der Waals surface area contributed by atoms with Crippen LogP contribution in [0.3, 0.4) is 0 Å². The molecule has 0 fully saturated rings. The third-order valence-corrected chi connectivity index (χ3v) is 4.24. The number of aryl methyl sites for hydroxylation is 1. The van der Waals surface area contributed by atoms with E-state index in [9.17, 15) is 9.59 Å². The molecule has 0 heterocycles. The number of carbonyl (C=O) groups is 2. The maximum absolute atomic E-state index is 12.2. The van der Waals surface area contributed by atoms with Gasteiger partial charge in [-0.2, -0.15) is 0 Å². The fourth-order valence-corrected chi connectivity index (χ4v) is 2.13. The Bertz CT molecular complexity index is 502. The number of halogens is 1. The summed E-state index contributed by atoms with van der Waals surface area (Å²) in [6, 6.07) is 4.71. The molecule has 0 saturated heterocycles. The van der Waals surface area contributed by atoms with Crippen LogP contribution >= 0.6 is 15.9 Å². The highest BCUT2D eigenvalue weighted by Gasteiger charge is 2.27. The third-order valence-electron chi connectivity index (χ3n) is 3.39. The zero-order chi connectivity index (χ0) is 15.3. The van der Waals surface area contributed by atoms with E-state index in [0.717, 1.165) is 16.5 Å². The molecule has 1 aromatic carbocycles. The smallest absolute Gasteiger partial charge is 0.328 e. The molecule has 0 spiro atoms. The highest BCUT2D eigenvalue weighted by molar-refractivity contribution is 9.10. The van der Waals surface area contributed by atoms with Gasteiger partial charge in [0.05, 0.1) is 7.11 Å². The van der Waals surface area contributed by atoms with Crippen molar-refractivity contribution in [2.75, 3.05) is 7.11 Å². The van der Waals surface area contributed by atoms with Crippen LogP contribution in [-0.2, 0) is 9.53 Å². The van der Waals surface area contributed by atoms with Gasteiger partial charge in [0, 0.05) is 10.0 Å². The fourth-order valence-electron chi connectivity index (χ4n) is 1.75. The molecule has 1 rings (SSSR count). The van der Waals surface area contributed by atoms with Gasteiger partial charge in [-0.3, -0.25) is 4.79 Å². The van der Waals surface area contributed by atoms with Crippen LogP contribution in [0.25, 0.3) is 0 Å². The number of nitrogens with one attached hydrogen (secondary N) is 1. The lowest BCUT2D eigenvalue weighted by molar-refractivity contribution is -0.144. The van der Waals surface area contributed by atoms with E-state index in [1.807, 2.05) is 26.8 Å². The Morgan fingerprint density at radius 1 is 1.40 bits per heavy atom. The van der Waals surface area contributed by atoms with Crippen molar-refractivity contribution in [2.45, 2.75) is 33.2 Å². The monoisotopic (exact) mass is 341 g/mol. The van der Waals surface area contributed by atoms with Crippen molar-refractivity contribution in [1.29, 1.82) is 0 Å². The zero-order valence-electron chi connectivity index (χ0n) is 12.2. The number of rotatable bonds is 5. The normalized spacial score (nSPS) is 13.4. The first-order valence-corrected chi connectivity index (χ1v) is 7.34. The van der Waals surface area contributed by atoms with Gasteiger partial charge in [-0.25, -0.2) is 4.79 Å². The number of ether oxygens (including phenoxy) is 1. The summed E-state index contributed by atoms with van der Waals surface area (Å²) < 4.78 is 5.62. The summed E-state index contributed by atoms with van der Waals surface area (Å²) >= 11 is 3.39. The molecule has 20 heavy (non-hydrogen) atoms. The summed E-state index contributed by atoms with van der Waals surface area (Å²) in [7, 11) is 1.33. The van der Waals surface area contributed by atoms with Crippen LogP contribution in [0.15, 0.2) is 22.7 Å². The molecule has 1 N–H and O–H groups in total. The number of methoxy groups -OCH3 is 1. The van der Waals surface area contributed by atoms with E-state index in [-0.39, 0.29) is 11.8 Å². The molecular formula is C15H20BrNO3. The van der Waals surface area contributed by atoms with E-state index >= 15 is 0 Å². The van der Waals surface area contributed by atoms with E-state index in [2.05, 4.69) is 21.2 Å². The van der Waals surface area contributed by atoms with Crippen LogP contribution in [-0.4, -0.2) is 25.0 Å². The van der Waals surface area contributed by atoms with Crippen molar-refractivity contribution in [2.24, 2.45) is 5.92 Å². The molecule has 0 aliphatic rings. The van der Waals surface area contributed by atoms with Gasteiger partial charge in [-0.1, -0.05) is 42.3 Å². The Labute approximate surface area is 128 Å². The van der Waals surface area contributed by atoms with Gasteiger partial charge in [0.15, 0.2) is 0 Å². The molecule has 5 heteroatoms. The first-order valence-electron chi connectivity index (χ1n) is 6.55. The van der Waals surface area contributed by atoms with Gasteiger partial charge in [-0.05, 0) is 30.5 Å². The summed E-state index contributed by atoms with van der Waals surface area (Å²) in [6.07, 6.45) is 0.775. The van der Waals surface area contributed by atoms with Crippen molar-refractivity contribution < 1.29 is 14.3 Å². The van der Waals surface area contributed by atoms with Crippen LogP contribution in [0.4, 0.5) is 0 Å². The van der Waals surface area contributed by atoms with Gasteiger partial charge in [0.25, 0.3) is 5.91 Å². The van der Waals surface area contributed by atoms with E-state index in [1.165, 1.54) is 7.11 Å². The number of esters is 1. The van der Waals surface area contributed by atoms with E-state index in [1.54, 1.807) is 12.1 Å². The van der Waals surface area contributed by atoms with Crippen molar-refractivity contribution >= 4 is 27.8 Å². The second-order valence-corrected chi connectivity index (χ2v) is 5.68. The number of carbonyl (C=O) groups excluding carboxylic acids is 2. The van der Waals surface area contributed by atoms with Gasteiger partial charge in [0.2, 0.25) is 0 Å². The fraction of sp³-hybridized carbons (Fsp3) is 0.467. The average Bonchev–Trinajstić information content (AvgIpc) is 2.45. The largest absolute Gasteiger partial charge is 0.467 e. The molecule has 0 aliphatic carbocycles. The lowest BCUT2D eigenvalue weighted by Crippen LogP contribution is -2.45. The summed E-state index contributed by atoms with van der Waals surface area (Å²) in [5.41, 5.74) is 1.56. The standard InChI is InChI=1S/C15H20BrNO3/c1-5-9(2)13(15(19)20-4)17-14(18)11-7-6-10(3)12(16)8-11/h6-9,13H,5H2,1-4H3,(H,17,18). The van der Waals surface area contributed by atoms with Crippen LogP contribution < -0.4 is 5.32 Å². The molecule has 0 saturated carbocycles. The molecule has 1 amide bonds. The van der Waals surface area contributed by atoms with Gasteiger partial charge in [-0.15, -0.1) is 0 Å². The molecule has 1 aromatic rings. The van der Waals surface area contributed by atoms with Gasteiger partial charge in [0.1, 0.15) is 6.04 Å². The maximum atomic E-state index is 12.2. The number of hydrogen-bond donors (Lipinski definition) is 1. The third kappa shape index (κ3) is 4.07. The minimum absolute atomic E-state index is 0.0142. The topological polar surface area (TPSA) is 55.4 Å². The molecule has 2 atom stereocenters. The van der Waals surface area contributed by atoms with Crippen LogP contribution in [0.2, 0.25) is 0 Å². The Hall–Kier alpha value is -1.36. The lowest BCUT2D eigenvalue weighted by Gasteiger charge is -2.21. The molecular weight excluding hydrogens is 322 g/mol. The lowest BCUT2D eigenvalue weighted by atomic mass is 9.98. The van der Waals surface area contributed by atoms with Gasteiger partial charge < -0.3 is 10.1 Å². The molecule has 0 radical (unpaired) electrons. The molecule has 2 unspecified atom stereocenters.